The van der Waals surface area contributed by atoms with Crippen LogP contribution >= 0.6 is 15.9 Å². The van der Waals surface area contributed by atoms with Gasteiger partial charge in [-0.25, -0.2) is 4.39 Å². The van der Waals surface area contributed by atoms with Gasteiger partial charge >= 0.3 is 0 Å². The second-order valence-corrected chi connectivity index (χ2v) is 3.86. The third-order valence-electron chi connectivity index (χ3n) is 1.93. The van der Waals surface area contributed by atoms with E-state index >= 15 is 0 Å². The zero-order chi connectivity index (χ0) is 9.84. The van der Waals surface area contributed by atoms with E-state index in [-0.39, 0.29) is 11.9 Å². The van der Waals surface area contributed by atoms with Crippen molar-refractivity contribution < 1.29 is 4.39 Å². The first-order valence-electron chi connectivity index (χ1n) is 4.33. The fourth-order valence-electron chi connectivity index (χ4n) is 1.26. The molecule has 1 unspecified atom stereocenters. The van der Waals surface area contributed by atoms with Crippen molar-refractivity contribution in [3.8, 4) is 0 Å². The largest absolute Gasteiger partial charge is 0.310 e. The molecule has 3 heteroatoms. The summed E-state index contributed by atoms with van der Waals surface area (Å²) in [5.74, 6) is -0.156. The molecule has 0 heterocycles. The van der Waals surface area contributed by atoms with E-state index in [0.29, 0.717) is 5.56 Å². The van der Waals surface area contributed by atoms with Gasteiger partial charge in [0.25, 0.3) is 0 Å². The van der Waals surface area contributed by atoms with Gasteiger partial charge in [0.2, 0.25) is 0 Å². The van der Waals surface area contributed by atoms with Crippen molar-refractivity contribution >= 4 is 15.9 Å². The maximum absolute atomic E-state index is 13.3. The van der Waals surface area contributed by atoms with Crippen molar-refractivity contribution in [2.45, 2.75) is 19.9 Å². The molecule has 1 aromatic rings. The summed E-state index contributed by atoms with van der Waals surface area (Å²) >= 11 is 3.32. The molecule has 1 atom stereocenters. The molecule has 0 fully saturated rings. The molecule has 0 aliphatic carbocycles. The zero-order valence-electron chi connectivity index (χ0n) is 7.77. The Bertz CT molecular complexity index is 288. The van der Waals surface area contributed by atoms with Gasteiger partial charge in [-0.1, -0.05) is 22.9 Å². The average Bonchev–Trinajstić information content (AvgIpc) is 2.09. The van der Waals surface area contributed by atoms with E-state index in [1.165, 1.54) is 6.07 Å². The number of halogens is 2. The fourth-order valence-corrected chi connectivity index (χ4v) is 1.64. The lowest BCUT2D eigenvalue weighted by Gasteiger charge is -2.13. The summed E-state index contributed by atoms with van der Waals surface area (Å²) in [6.45, 7) is 4.80. The minimum Gasteiger partial charge on any atom is -0.310 e. The maximum atomic E-state index is 13.3. The Morgan fingerprint density at radius 1 is 1.54 bits per heavy atom. The third-order valence-corrected chi connectivity index (χ3v) is 2.43. The first-order chi connectivity index (χ1) is 6.15. The smallest absolute Gasteiger partial charge is 0.128 e. The van der Waals surface area contributed by atoms with Crippen LogP contribution in [0.1, 0.15) is 25.5 Å². The molecule has 0 saturated heterocycles. The molecule has 0 aliphatic rings. The lowest BCUT2D eigenvalue weighted by Crippen LogP contribution is -2.18. The number of hydrogen-bond donors (Lipinski definition) is 1. The van der Waals surface area contributed by atoms with Gasteiger partial charge < -0.3 is 5.32 Å². The highest BCUT2D eigenvalue weighted by Crippen LogP contribution is 2.21. The first-order valence-corrected chi connectivity index (χ1v) is 5.12. The normalized spacial score (nSPS) is 12.9. The second kappa shape index (κ2) is 4.72. The Labute approximate surface area is 86.5 Å². The summed E-state index contributed by atoms with van der Waals surface area (Å²) in [7, 11) is 0. The minimum atomic E-state index is -0.156. The van der Waals surface area contributed by atoms with Crippen molar-refractivity contribution in [3.63, 3.8) is 0 Å². The molecule has 0 aromatic heterocycles. The number of rotatable bonds is 3. The van der Waals surface area contributed by atoms with Crippen molar-refractivity contribution in [1.29, 1.82) is 0 Å². The van der Waals surface area contributed by atoms with E-state index in [2.05, 4.69) is 21.2 Å². The van der Waals surface area contributed by atoms with Crippen molar-refractivity contribution in [1.82, 2.24) is 5.32 Å². The van der Waals surface area contributed by atoms with Crippen LogP contribution in [-0.2, 0) is 0 Å². The first kappa shape index (κ1) is 10.7. The lowest BCUT2D eigenvalue weighted by molar-refractivity contribution is 0.540. The van der Waals surface area contributed by atoms with Crippen LogP contribution in [0.4, 0.5) is 4.39 Å². The SMILES string of the molecule is CCNC(C)c1cc(Br)ccc1F. The van der Waals surface area contributed by atoms with E-state index in [9.17, 15) is 4.39 Å². The van der Waals surface area contributed by atoms with Gasteiger partial charge in [0.05, 0.1) is 0 Å². The highest BCUT2D eigenvalue weighted by Gasteiger charge is 2.09. The molecule has 1 N–H and O–H groups in total. The molecular weight excluding hydrogens is 233 g/mol. The van der Waals surface area contributed by atoms with Crippen molar-refractivity contribution in [2.75, 3.05) is 6.54 Å². The number of benzene rings is 1. The van der Waals surface area contributed by atoms with Crippen LogP contribution in [0.15, 0.2) is 22.7 Å². The van der Waals surface area contributed by atoms with Gasteiger partial charge in [0.15, 0.2) is 0 Å². The summed E-state index contributed by atoms with van der Waals surface area (Å²) in [5.41, 5.74) is 0.705. The van der Waals surface area contributed by atoms with E-state index in [0.717, 1.165) is 11.0 Å². The predicted molar refractivity (Wildman–Crippen MR) is 56.2 cm³/mol. The lowest BCUT2D eigenvalue weighted by atomic mass is 10.1. The van der Waals surface area contributed by atoms with E-state index in [4.69, 9.17) is 0 Å². The standard InChI is InChI=1S/C10H13BrFN/c1-3-13-7(2)9-6-8(11)4-5-10(9)12/h4-7,13H,3H2,1-2H3. The minimum absolute atomic E-state index is 0.0579. The molecule has 0 aliphatic heterocycles. The van der Waals surface area contributed by atoms with Gasteiger partial charge in [0.1, 0.15) is 5.82 Å². The molecule has 72 valence electrons. The molecule has 0 radical (unpaired) electrons. The Kier molecular flexibility index (Phi) is 3.88. The Balaban J connectivity index is 2.91. The van der Waals surface area contributed by atoms with E-state index in [1.54, 1.807) is 6.07 Å². The molecule has 1 rings (SSSR count). The van der Waals surface area contributed by atoms with Crippen LogP contribution in [0.3, 0.4) is 0 Å². The molecule has 0 spiro atoms. The summed E-state index contributed by atoms with van der Waals surface area (Å²) in [6.07, 6.45) is 0. The molecule has 0 saturated carbocycles. The second-order valence-electron chi connectivity index (χ2n) is 2.95. The average molecular weight is 246 g/mol. The summed E-state index contributed by atoms with van der Waals surface area (Å²) < 4.78 is 14.2. The molecule has 13 heavy (non-hydrogen) atoms. The molecule has 0 bridgehead atoms. The van der Waals surface area contributed by atoms with E-state index in [1.807, 2.05) is 19.9 Å². The van der Waals surface area contributed by atoms with Gasteiger partial charge in [-0.15, -0.1) is 0 Å². The van der Waals surface area contributed by atoms with Crippen LogP contribution < -0.4 is 5.32 Å². The Morgan fingerprint density at radius 2 is 2.23 bits per heavy atom. The van der Waals surface area contributed by atoms with Crippen LogP contribution in [0, 0.1) is 5.82 Å². The molecular formula is C10H13BrFN. The van der Waals surface area contributed by atoms with Crippen molar-refractivity contribution in [2.24, 2.45) is 0 Å². The van der Waals surface area contributed by atoms with Gasteiger partial charge in [0, 0.05) is 16.1 Å². The highest BCUT2D eigenvalue weighted by atomic mass is 79.9. The molecule has 1 nitrogen and oxygen atoms in total. The summed E-state index contributed by atoms with van der Waals surface area (Å²) in [6, 6.07) is 5.05. The van der Waals surface area contributed by atoms with E-state index < -0.39 is 0 Å². The van der Waals surface area contributed by atoms with Gasteiger partial charge in [-0.2, -0.15) is 0 Å². The predicted octanol–water partition coefficient (Wildman–Crippen LogP) is 3.26. The topological polar surface area (TPSA) is 12.0 Å². The van der Waals surface area contributed by atoms with Gasteiger partial charge in [-0.05, 0) is 31.7 Å². The zero-order valence-corrected chi connectivity index (χ0v) is 9.36. The highest BCUT2D eigenvalue weighted by molar-refractivity contribution is 9.10. The number of hydrogen-bond acceptors (Lipinski definition) is 1. The van der Waals surface area contributed by atoms with Gasteiger partial charge in [-0.3, -0.25) is 0 Å². The van der Waals surface area contributed by atoms with Crippen LogP contribution in [0.2, 0.25) is 0 Å². The summed E-state index contributed by atoms with van der Waals surface area (Å²) in [5, 5.41) is 3.17. The third kappa shape index (κ3) is 2.78. The molecule has 1 aromatic carbocycles. The number of nitrogens with one attached hydrogen (secondary N) is 1. The Hall–Kier alpha value is -0.410. The van der Waals surface area contributed by atoms with Crippen LogP contribution in [0.25, 0.3) is 0 Å². The van der Waals surface area contributed by atoms with Crippen LogP contribution in [0.5, 0.6) is 0 Å². The quantitative estimate of drug-likeness (QED) is 0.863. The monoisotopic (exact) mass is 245 g/mol. The Morgan fingerprint density at radius 3 is 2.85 bits per heavy atom. The molecule has 0 amide bonds. The maximum Gasteiger partial charge on any atom is 0.128 e. The van der Waals surface area contributed by atoms with Crippen LogP contribution in [-0.4, -0.2) is 6.54 Å². The fraction of sp³-hybridized carbons (Fsp3) is 0.400. The van der Waals surface area contributed by atoms with Crippen molar-refractivity contribution in [3.05, 3.63) is 34.1 Å². The summed E-state index contributed by atoms with van der Waals surface area (Å²) in [4.78, 5) is 0.